The van der Waals surface area contributed by atoms with Crippen molar-refractivity contribution in [2.75, 3.05) is 24.8 Å². The minimum absolute atomic E-state index is 0.0431. The fourth-order valence-electron chi connectivity index (χ4n) is 4.50. The van der Waals surface area contributed by atoms with Crippen LogP contribution in [0.1, 0.15) is 21.5 Å². The third-order valence-corrected chi connectivity index (χ3v) is 6.44. The molecule has 0 unspecified atom stereocenters. The van der Waals surface area contributed by atoms with Crippen LogP contribution in [0.5, 0.6) is 5.75 Å². The van der Waals surface area contributed by atoms with Crippen molar-refractivity contribution in [3.8, 4) is 28.0 Å². The van der Waals surface area contributed by atoms with Crippen molar-refractivity contribution in [1.82, 2.24) is 15.0 Å². The van der Waals surface area contributed by atoms with Gasteiger partial charge in [-0.1, -0.05) is 18.2 Å². The van der Waals surface area contributed by atoms with Crippen LogP contribution in [0.3, 0.4) is 0 Å². The van der Waals surface area contributed by atoms with E-state index in [1.54, 1.807) is 50.9 Å². The average Bonchev–Trinajstić information content (AvgIpc) is 2.96. The molecule has 2 N–H and O–H groups in total. The molecule has 7 nitrogen and oxygen atoms in total. The van der Waals surface area contributed by atoms with Crippen LogP contribution in [-0.2, 0) is 6.18 Å². The zero-order valence-electron chi connectivity index (χ0n) is 21.8. The number of ether oxygens (including phenoxy) is 1. The van der Waals surface area contributed by atoms with Crippen LogP contribution >= 0.6 is 0 Å². The summed E-state index contributed by atoms with van der Waals surface area (Å²) < 4.78 is 45.4. The van der Waals surface area contributed by atoms with Gasteiger partial charge in [-0.15, -0.1) is 0 Å². The van der Waals surface area contributed by atoms with Gasteiger partial charge >= 0.3 is 6.18 Å². The first-order chi connectivity index (χ1) is 19.2. The second-order valence-electron chi connectivity index (χ2n) is 9.02. The molecule has 2 heterocycles. The van der Waals surface area contributed by atoms with E-state index in [0.717, 1.165) is 28.6 Å². The lowest BCUT2D eigenvalue weighted by Gasteiger charge is -2.19. The summed E-state index contributed by atoms with van der Waals surface area (Å²) in [6.45, 7) is 1.90. The third-order valence-electron chi connectivity index (χ3n) is 6.44. The third kappa shape index (κ3) is 5.15. The van der Waals surface area contributed by atoms with Crippen LogP contribution in [0.15, 0.2) is 79.3 Å². The topological polar surface area (TPSA) is 89.0 Å². The molecule has 0 fully saturated rings. The van der Waals surface area contributed by atoms with Crippen molar-refractivity contribution < 1.29 is 22.7 Å². The molecule has 0 aliphatic rings. The molecule has 0 atom stereocenters. The van der Waals surface area contributed by atoms with Crippen molar-refractivity contribution >= 4 is 28.4 Å². The van der Waals surface area contributed by atoms with E-state index in [9.17, 15) is 18.0 Å². The average molecular weight is 544 g/mol. The molecule has 0 radical (unpaired) electrons. The first-order valence-corrected chi connectivity index (χ1v) is 12.2. The number of halogens is 3. The van der Waals surface area contributed by atoms with Gasteiger partial charge in [0.2, 0.25) is 5.95 Å². The first-order valence-electron chi connectivity index (χ1n) is 12.2. The number of hydrogen-bond acceptors (Lipinski definition) is 6. The number of alkyl halides is 3. The fourth-order valence-corrected chi connectivity index (χ4v) is 4.50. The summed E-state index contributed by atoms with van der Waals surface area (Å²) in [4.78, 5) is 26.4. The van der Waals surface area contributed by atoms with Crippen molar-refractivity contribution in [3.05, 3.63) is 95.9 Å². The predicted molar refractivity (Wildman–Crippen MR) is 148 cm³/mol. The van der Waals surface area contributed by atoms with E-state index in [1.807, 2.05) is 25.1 Å². The van der Waals surface area contributed by atoms with Gasteiger partial charge in [-0.05, 0) is 60.5 Å². The molecule has 0 saturated carbocycles. The van der Waals surface area contributed by atoms with Gasteiger partial charge in [0.05, 0.1) is 23.8 Å². The van der Waals surface area contributed by atoms with Crippen molar-refractivity contribution in [2.45, 2.75) is 13.1 Å². The highest BCUT2D eigenvalue weighted by Gasteiger charge is 2.30. The Labute approximate surface area is 228 Å². The van der Waals surface area contributed by atoms with Crippen LogP contribution in [0, 0.1) is 6.92 Å². The number of hydrogen-bond donors (Lipinski definition) is 2. The Morgan fingerprint density at radius 3 is 2.50 bits per heavy atom. The minimum Gasteiger partial charge on any atom is -0.495 e. The Morgan fingerprint density at radius 1 is 0.975 bits per heavy atom. The van der Waals surface area contributed by atoms with Crippen molar-refractivity contribution in [1.29, 1.82) is 0 Å². The second-order valence-corrected chi connectivity index (χ2v) is 9.02. The lowest BCUT2D eigenvalue weighted by atomic mass is 9.91. The number of carbonyl (C=O) groups excluding carboxylic acids is 1. The summed E-state index contributed by atoms with van der Waals surface area (Å²) in [5, 5.41) is 6.27. The van der Waals surface area contributed by atoms with Gasteiger partial charge in [-0.3, -0.25) is 9.78 Å². The van der Waals surface area contributed by atoms with Crippen LogP contribution in [-0.4, -0.2) is 35.0 Å². The predicted octanol–water partition coefficient (Wildman–Crippen LogP) is 6.99. The summed E-state index contributed by atoms with van der Waals surface area (Å²) in [6.07, 6.45) is 0.575. The number of nitrogens with one attached hydrogen (secondary N) is 2. The zero-order chi connectivity index (χ0) is 28.4. The smallest absolute Gasteiger partial charge is 0.416 e. The SMILES string of the molecule is CNc1ncc2cc(-c3cc(C(=O)Nc4cccc(C(F)(F)F)c4)ccc3C)c(OC)c(-c3cccnc3)c2n1. The highest BCUT2D eigenvalue weighted by atomic mass is 19.4. The highest BCUT2D eigenvalue weighted by Crippen LogP contribution is 2.44. The Balaban J connectivity index is 1.64. The summed E-state index contributed by atoms with van der Waals surface area (Å²) >= 11 is 0. The molecule has 5 rings (SSSR count). The van der Waals surface area contributed by atoms with Gasteiger partial charge in [-0.2, -0.15) is 13.2 Å². The number of pyridine rings is 1. The molecule has 0 aliphatic carbocycles. The highest BCUT2D eigenvalue weighted by molar-refractivity contribution is 6.06. The number of fused-ring (bicyclic) bond motifs is 1. The van der Waals surface area contributed by atoms with Gasteiger partial charge < -0.3 is 15.4 Å². The minimum atomic E-state index is -4.52. The largest absolute Gasteiger partial charge is 0.495 e. The van der Waals surface area contributed by atoms with E-state index in [0.29, 0.717) is 33.9 Å². The number of nitrogens with zero attached hydrogens (tertiary/aromatic N) is 3. The van der Waals surface area contributed by atoms with Crippen LogP contribution in [0.4, 0.5) is 24.8 Å². The summed E-state index contributed by atoms with van der Waals surface area (Å²) in [6, 6.07) is 15.2. The molecule has 2 aromatic heterocycles. The summed E-state index contributed by atoms with van der Waals surface area (Å²) in [5.74, 6) is 0.423. The summed E-state index contributed by atoms with van der Waals surface area (Å²) in [5.41, 5.74) is 3.87. The molecule has 5 aromatic rings. The van der Waals surface area contributed by atoms with Crippen LogP contribution in [0.2, 0.25) is 0 Å². The monoisotopic (exact) mass is 543 g/mol. The Bertz CT molecular complexity index is 1720. The van der Waals surface area contributed by atoms with E-state index in [1.165, 1.54) is 12.1 Å². The lowest BCUT2D eigenvalue weighted by Crippen LogP contribution is -2.13. The van der Waals surface area contributed by atoms with E-state index < -0.39 is 17.6 Å². The Hall–Kier alpha value is -4.99. The maximum atomic E-state index is 13.2. The molecule has 0 aliphatic heterocycles. The molecule has 1 amide bonds. The Kier molecular flexibility index (Phi) is 7.08. The van der Waals surface area contributed by atoms with E-state index in [4.69, 9.17) is 4.74 Å². The molecule has 0 spiro atoms. The standard InChI is InChI=1S/C30H24F3N5O2/c1-17-9-10-18(28(39)37-22-8-4-7-21(14-22)30(31,32)33)12-23(17)24-13-20-16-36-29(34-2)38-26(20)25(27(24)40-3)19-6-5-11-35-15-19/h4-16H,1-3H3,(H,37,39)(H,34,36,38). The number of aromatic nitrogens is 3. The zero-order valence-corrected chi connectivity index (χ0v) is 21.8. The maximum absolute atomic E-state index is 13.2. The van der Waals surface area contributed by atoms with E-state index >= 15 is 0 Å². The maximum Gasteiger partial charge on any atom is 0.416 e. The normalized spacial score (nSPS) is 11.3. The van der Waals surface area contributed by atoms with Gasteiger partial charge in [0, 0.05) is 53.4 Å². The molecule has 202 valence electrons. The molecule has 40 heavy (non-hydrogen) atoms. The molecule has 3 aromatic carbocycles. The number of carbonyl (C=O) groups is 1. The fraction of sp³-hybridized carbons (Fsp3) is 0.133. The Morgan fingerprint density at radius 2 is 1.80 bits per heavy atom. The number of benzene rings is 3. The summed E-state index contributed by atoms with van der Waals surface area (Å²) in [7, 11) is 3.29. The number of aryl methyl sites for hydroxylation is 1. The first kappa shape index (κ1) is 26.6. The number of methoxy groups -OCH3 is 1. The van der Waals surface area contributed by atoms with Gasteiger partial charge in [0.25, 0.3) is 5.91 Å². The van der Waals surface area contributed by atoms with Gasteiger partial charge in [0.1, 0.15) is 5.75 Å². The molecular formula is C30H24F3N5O2. The number of amides is 1. The number of anilines is 2. The molecule has 0 bridgehead atoms. The van der Waals surface area contributed by atoms with Gasteiger partial charge in [0.15, 0.2) is 0 Å². The number of rotatable bonds is 6. The molecule has 0 saturated heterocycles. The second kappa shape index (κ2) is 10.6. The van der Waals surface area contributed by atoms with Crippen molar-refractivity contribution in [2.24, 2.45) is 0 Å². The van der Waals surface area contributed by atoms with Crippen molar-refractivity contribution in [3.63, 3.8) is 0 Å². The van der Waals surface area contributed by atoms with E-state index in [-0.39, 0.29) is 11.3 Å². The van der Waals surface area contributed by atoms with Crippen LogP contribution in [0.25, 0.3) is 33.2 Å². The lowest BCUT2D eigenvalue weighted by molar-refractivity contribution is -0.137. The van der Waals surface area contributed by atoms with Crippen LogP contribution < -0.4 is 15.4 Å². The van der Waals surface area contributed by atoms with Gasteiger partial charge in [-0.25, -0.2) is 9.97 Å². The molecular weight excluding hydrogens is 519 g/mol. The van der Waals surface area contributed by atoms with E-state index in [2.05, 4.69) is 25.6 Å². The quantitative estimate of drug-likeness (QED) is 0.240. The molecule has 10 heteroatoms.